The minimum Gasteiger partial charge on any atom is -0.435 e. The van der Waals surface area contributed by atoms with Crippen molar-refractivity contribution in [3.05, 3.63) is 72.3 Å². The van der Waals surface area contributed by atoms with Crippen LogP contribution in [0.1, 0.15) is 75.1 Å². The lowest BCUT2D eigenvalue weighted by Crippen LogP contribution is -2.40. The van der Waals surface area contributed by atoms with E-state index in [1.165, 1.54) is 30.5 Å². The van der Waals surface area contributed by atoms with Gasteiger partial charge in [0.05, 0.1) is 41.1 Å². The third-order valence-electron chi connectivity index (χ3n) is 13.3. The van der Waals surface area contributed by atoms with Crippen molar-refractivity contribution in [2.45, 2.75) is 156 Å². The van der Waals surface area contributed by atoms with Gasteiger partial charge in [-0.25, -0.2) is 28.7 Å². The third-order valence-corrected chi connectivity index (χ3v) is 16.7. The number of H-pyrrole nitrogens is 1. The number of aryl methyl sites for hydroxylation is 1. The molecule has 0 bridgehead atoms. The summed E-state index contributed by atoms with van der Waals surface area (Å²) in [5.74, 6) is -3.33. The van der Waals surface area contributed by atoms with Crippen molar-refractivity contribution in [2.75, 3.05) is 32.8 Å². The highest BCUT2D eigenvalue weighted by Gasteiger charge is 2.38. The highest BCUT2D eigenvalue weighted by molar-refractivity contribution is 6.76. The topological polar surface area (TPSA) is 206 Å². The summed E-state index contributed by atoms with van der Waals surface area (Å²) in [5, 5.41) is 19.0. The standard InChI is InChI=1S/C32H43F4N7O3Si.C25H32F2N6O3Si/c1-31(2,3)39-29(44)23-18-42(20-45-14-15-47(4,5)6)28-27(23)38-24(17-37-28)26-22-16-21(46-30(33)34)8-9-25(22)43(40-26)12-7-11-41-13-10-32(35,36)19-41;1-25(2,3)30-23(34)17-13-33(14-35-9-10-37(4,5)6)22-21(17)29-19(12-28-22)20-16-11-15(36-24(26)27)7-8-18(16)31-32-20/h8-9,16-18,30H,7,10-15,19-20H2,1-6H3,(H,39,44);7-8,11-13,24H,9-10,14H2,1-6H3,(H,30,34)(H,31,32). The number of hydrogen-bond donors (Lipinski definition) is 3. The van der Waals surface area contributed by atoms with Gasteiger partial charge in [0.2, 0.25) is 0 Å². The van der Waals surface area contributed by atoms with Crippen molar-refractivity contribution in [2.24, 2.45) is 0 Å². The molecule has 1 saturated heterocycles. The van der Waals surface area contributed by atoms with Crippen LogP contribution >= 0.6 is 0 Å². The van der Waals surface area contributed by atoms with Gasteiger partial charge < -0.3 is 38.7 Å². The molecule has 1 aliphatic heterocycles. The van der Waals surface area contributed by atoms with Gasteiger partial charge in [0.25, 0.3) is 17.7 Å². The summed E-state index contributed by atoms with van der Waals surface area (Å²) in [6, 6.07) is 11.0. The first kappa shape index (κ1) is 63.1. The molecular weight excluding hydrogens is 1130 g/mol. The molecule has 0 atom stereocenters. The van der Waals surface area contributed by atoms with Crippen LogP contribution in [-0.4, -0.2) is 145 Å². The second-order valence-corrected chi connectivity index (χ2v) is 36.7. The van der Waals surface area contributed by atoms with Gasteiger partial charge >= 0.3 is 13.2 Å². The van der Waals surface area contributed by atoms with Gasteiger partial charge in [-0.05, 0) is 96.4 Å². The average Bonchev–Trinajstić information content (AvgIpc) is 3.15. The number of benzene rings is 2. The molecule has 454 valence electrons. The van der Waals surface area contributed by atoms with Crippen LogP contribution in [0, 0.1) is 0 Å². The Morgan fingerprint density at radius 3 is 1.68 bits per heavy atom. The van der Waals surface area contributed by atoms with Crippen molar-refractivity contribution in [3.63, 3.8) is 0 Å². The molecule has 19 nitrogen and oxygen atoms in total. The molecule has 0 spiro atoms. The Bertz CT molecular complexity index is 3620. The lowest BCUT2D eigenvalue weighted by molar-refractivity contribution is -0.0504. The lowest BCUT2D eigenvalue weighted by atomic mass is 10.1. The Morgan fingerprint density at radius 1 is 0.702 bits per heavy atom. The van der Waals surface area contributed by atoms with Gasteiger partial charge in [-0.2, -0.15) is 27.8 Å². The van der Waals surface area contributed by atoms with Gasteiger partial charge in [-0.15, -0.1) is 0 Å². The van der Waals surface area contributed by atoms with Crippen molar-refractivity contribution in [1.29, 1.82) is 0 Å². The Hall–Kier alpha value is -6.95. The van der Waals surface area contributed by atoms with E-state index in [-0.39, 0.29) is 49.7 Å². The number of carbonyl (C=O) groups is 2. The van der Waals surface area contributed by atoms with E-state index in [4.69, 9.17) is 24.5 Å². The molecule has 2 aromatic carbocycles. The van der Waals surface area contributed by atoms with Crippen LogP contribution in [0.3, 0.4) is 0 Å². The zero-order valence-corrected chi connectivity index (χ0v) is 51.6. The van der Waals surface area contributed by atoms with E-state index in [2.05, 4.69) is 79.6 Å². The number of nitrogens with zero attached hydrogens (tertiary/aromatic N) is 10. The van der Waals surface area contributed by atoms with E-state index >= 15 is 0 Å². The van der Waals surface area contributed by atoms with Gasteiger partial charge in [0.1, 0.15) is 58.8 Å². The maximum atomic E-state index is 13.7. The molecule has 6 aromatic heterocycles. The van der Waals surface area contributed by atoms with Crippen LogP contribution in [0.2, 0.25) is 51.4 Å². The number of likely N-dealkylation sites (tertiary alicyclic amines) is 1. The molecule has 0 saturated carbocycles. The normalized spacial score (nSPS) is 14.3. The van der Waals surface area contributed by atoms with Crippen LogP contribution in [-0.2, 0) is 29.5 Å². The molecule has 84 heavy (non-hydrogen) atoms. The lowest BCUT2D eigenvalue weighted by Gasteiger charge is -2.20. The van der Waals surface area contributed by atoms with E-state index in [9.17, 15) is 35.9 Å². The molecule has 1 fully saturated rings. The summed E-state index contributed by atoms with van der Waals surface area (Å²) in [5.41, 5.74) is 4.13. The van der Waals surface area contributed by atoms with Crippen LogP contribution in [0.15, 0.2) is 61.2 Å². The van der Waals surface area contributed by atoms with Crippen molar-refractivity contribution in [1.82, 2.24) is 64.6 Å². The Morgan fingerprint density at radius 2 is 1.20 bits per heavy atom. The van der Waals surface area contributed by atoms with Gasteiger partial charge in [-0.1, -0.05) is 39.3 Å². The summed E-state index contributed by atoms with van der Waals surface area (Å²) in [6.45, 7) is 21.6. The van der Waals surface area contributed by atoms with Crippen molar-refractivity contribution >= 4 is 72.1 Å². The van der Waals surface area contributed by atoms with Crippen molar-refractivity contribution in [3.8, 4) is 34.3 Å². The van der Waals surface area contributed by atoms with Crippen LogP contribution in [0.5, 0.6) is 11.5 Å². The fourth-order valence-corrected chi connectivity index (χ4v) is 10.8. The molecule has 8 aromatic rings. The second kappa shape index (κ2) is 25.3. The van der Waals surface area contributed by atoms with E-state index in [0.717, 1.165) is 12.1 Å². The molecule has 2 amide bonds. The van der Waals surface area contributed by atoms with Gasteiger partial charge in [-0.3, -0.25) is 24.3 Å². The minimum atomic E-state index is -3.02. The number of carbonyl (C=O) groups excluding carboxylic acids is 2. The zero-order valence-electron chi connectivity index (χ0n) is 49.6. The number of ether oxygens (including phenoxy) is 4. The number of fused-ring (bicyclic) bond motifs is 4. The summed E-state index contributed by atoms with van der Waals surface area (Å²) in [7, 11) is -2.56. The summed E-state index contributed by atoms with van der Waals surface area (Å²) >= 11 is 0. The molecule has 3 N–H and O–H groups in total. The monoisotopic (exact) mass is 1210 g/mol. The molecular formula is C57H75F6N13O6Si2. The highest BCUT2D eigenvalue weighted by Crippen LogP contribution is 2.34. The predicted octanol–water partition coefficient (Wildman–Crippen LogP) is 12.0. The number of amides is 2. The average molecular weight is 1210 g/mol. The predicted molar refractivity (Wildman–Crippen MR) is 315 cm³/mol. The molecule has 1 aliphatic rings. The second-order valence-electron chi connectivity index (χ2n) is 25.5. The molecule has 0 aliphatic carbocycles. The van der Waals surface area contributed by atoms with Crippen LogP contribution in [0.25, 0.3) is 66.9 Å². The number of rotatable bonds is 22. The molecule has 0 radical (unpaired) electrons. The van der Waals surface area contributed by atoms with E-state index in [1.54, 1.807) is 49.4 Å². The number of nitrogens with one attached hydrogen (secondary N) is 3. The zero-order chi connectivity index (χ0) is 61.1. The fourth-order valence-electron chi connectivity index (χ4n) is 9.26. The maximum Gasteiger partial charge on any atom is 0.387 e. The van der Waals surface area contributed by atoms with E-state index < -0.39 is 46.4 Å². The highest BCUT2D eigenvalue weighted by atomic mass is 28.3. The summed E-state index contributed by atoms with van der Waals surface area (Å²) in [6.07, 6.45) is 6.84. The number of aromatic nitrogens is 10. The summed E-state index contributed by atoms with van der Waals surface area (Å²) in [4.78, 5) is 47.2. The van der Waals surface area contributed by atoms with Crippen LogP contribution in [0.4, 0.5) is 26.3 Å². The number of halogens is 6. The number of hydrogen-bond acceptors (Lipinski definition) is 13. The van der Waals surface area contributed by atoms with Crippen molar-refractivity contribution < 1.29 is 54.9 Å². The first-order valence-electron chi connectivity index (χ1n) is 27.8. The van der Waals surface area contributed by atoms with E-state index in [1.807, 2.05) is 41.5 Å². The number of alkyl halides is 6. The minimum absolute atomic E-state index is 0.00560. The van der Waals surface area contributed by atoms with Gasteiger partial charge in [0, 0.05) is 89.7 Å². The SMILES string of the molecule is CC(C)(C)NC(=O)c1cn(COCC[Si](C)(C)C)c2ncc(-c3n[nH]c4ccc(OC(F)F)cc34)nc12.CC(C)(C)NC(=O)c1cn(COCC[Si](C)(C)C)c2ncc(-c3nn(CCCN4CCC(F)(F)C4)c4ccc(OC(F)F)cc34)nc12. The largest absolute Gasteiger partial charge is 0.435 e. The van der Waals surface area contributed by atoms with Gasteiger partial charge in [0.15, 0.2) is 11.3 Å². The number of aromatic amines is 1. The first-order chi connectivity index (χ1) is 39.3. The van der Waals surface area contributed by atoms with Crippen LogP contribution < -0.4 is 20.1 Å². The molecule has 7 heterocycles. The van der Waals surface area contributed by atoms with E-state index in [0.29, 0.717) is 117 Å². The first-order valence-corrected chi connectivity index (χ1v) is 35.2. The Balaban J connectivity index is 0.000000225. The smallest absolute Gasteiger partial charge is 0.387 e. The molecule has 9 rings (SSSR count). The third kappa shape index (κ3) is 16.7. The maximum absolute atomic E-state index is 13.7. The Kier molecular flexibility index (Phi) is 19.0. The Labute approximate surface area is 485 Å². The quantitative estimate of drug-likeness (QED) is 0.0328. The molecule has 27 heteroatoms. The fraction of sp³-hybridized carbons (Fsp3) is 0.509. The molecule has 0 unspecified atom stereocenters. The summed E-state index contributed by atoms with van der Waals surface area (Å²) < 4.78 is 105.